The first-order valence-corrected chi connectivity index (χ1v) is 11.2. The summed E-state index contributed by atoms with van der Waals surface area (Å²) in [5.41, 5.74) is 7.41. The molecule has 1 amide bonds. The summed E-state index contributed by atoms with van der Waals surface area (Å²) in [7, 11) is 1.61. The van der Waals surface area contributed by atoms with E-state index in [1.807, 2.05) is 19.2 Å². The molecule has 8 heteroatoms. The van der Waals surface area contributed by atoms with E-state index in [-0.39, 0.29) is 11.5 Å². The maximum atomic E-state index is 12.4. The zero-order valence-electron chi connectivity index (χ0n) is 18.6. The standard InChI is InChI=1S/C24H28N6O2/c1-15-21(7-6-19(27-15)24(32)25-2)30-10-8-29(9-11-30)14-16-12-20-22(26-13-16)17-4-3-5-18(17)23(31)28-20/h6-7,12-13H,3-5,8-11,14H2,1-2H3,(H,25,32)(H,28,31). The zero-order chi connectivity index (χ0) is 22.2. The van der Waals surface area contributed by atoms with Crippen molar-refractivity contribution in [3.63, 3.8) is 0 Å². The van der Waals surface area contributed by atoms with Gasteiger partial charge in [-0.25, -0.2) is 4.98 Å². The number of anilines is 1. The number of hydrogen-bond donors (Lipinski definition) is 2. The predicted octanol–water partition coefficient (Wildman–Crippen LogP) is 1.80. The van der Waals surface area contributed by atoms with Crippen molar-refractivity contribution in [1.29, 1.82) is 0 Å². The number of hydrogen-bond acceptors (Lipinski definition) is 6. The molecule has 0 unspecified atom stereocenters. The summed E-state index contributed by atoms with van der Waals surface area (Å²) >= 11 is 0. The number of nitrogens with one attached hydrogen (secondary N) is 2. The van der Waals surface area contributed by atoms with E-state index in [1.165, 1.54) is 0 Å². The molecule has 1 saturated heterocycles. The Hall–Kier alpha value is -3.26. The Balaban J connectivity index is 1.26. The Morgan fingerprint density at radius 1 is 1.16 bits per heavy atom. The molecule has 2 N–H and O–H groups in total. The molecule has 1 aliphatic heterocycles. The van der Waals surface area contributed by atoms with E-state index in [0.29, 0.717) is 5.69 Å². The van der Waals surface area contributed by atoms with Crippen LogP contribution in [0.25, 0.3) is 11.0 Å². The van der Waals surface area contributed by atoms with Crippen LogP contribution in [-0.2, 0) is 19.4 Å². The molecule has 0 radical (unpaired) electrons. The molecule has 4 heterocycles. The van der Waals surface area contributed by atoms with Gasteiger partial charge in [-0.15, -0.1) is 0 Å². The van der Waals surface area contributed by atoms with Crippen LogP contribution in [0.3, 0.4) is 0 Å². The van der Waals surface area contributed by atoms with Crippen LogP contribution in [0.4, 0.5) is 5.69 Å². The smallest absolute Gasteiger partial charge is 0.269 e. The van der Waals surface area contributed by atoms with E-state index < -0.39 is 0 Å². The van der Waals surface area contributed by atoms with Crippen LogP contribution in [-0.4, -0.2) is 59.0 Å². The lowest BCUT2D eigenvalue weighted by Crippen LogP contribution is -2.46. The summed E-state index contributed by atoms with van der Waals surface area (Å²) in [4.78, 5) is 41.1. The van der Waals surface area contributed by atoms with Gasteiger partial charge < -0.3 is 15.2 Å². The van der Waals surface area contributed by atoms with Crippen LogP contribution in [0.5, 0.6) is 0 Å². The Bertz CT molecular complexity index is 1240. The minimum atomic E-state index is -0.167. The summed E-state index contributed by atoms with van der Waals surface area (Å²) in [6.45, 7) is 6.40. The van der Waals surface area contributed by atoms with Gasteiger partial charge in [0.2, 0.25) is 0 Å². The van der Waals surface area contributed by atoms with Crippen LogP contribution in [0.15, 0.2) is 29.2 Å². The van der Waals surface area contributed by atoms with Crippen molar-refractivity contribution in [1.82, 2.24) is 25.2 Å². The SMILES string of the molecule is CNC(=O)c1ccc(N2CCN(Cc3cnc4c5c(c(=O)[nH]c4c3)CCC5)CC2)c(C)n1. The lowest BCUT2D eigenvalue weighted by molar-refractivity contribution is 0.0958. The fourth-order valence-electron chi connectivity index (χ4n) is 4.93. The maximum Gasteiger partial charge on any atom is 0.269 e. The molecule has 1 aliphatic carbocycles. The molecule has 3 aromatic heterocycles. The van der Waals surface area contributed by atoms with E-state index in [1.54, 1.807) is 13.1 Å². The third-order valence-electron chi connectivity index (χ3n) is 6.61. The normalized spacial score (nSPS) is 16.4. The van der Waals surface area contributed by atoms with Gasteiger partial charge in [-0.05, 0) is 55.5 Å². The van der Waals surface area contributed by atoms with Gasteiger partial charge in [0.15, 0.2) is 0 Å². The molecule has 3 aromatic rings. The van der Waals surface area contributed by atoms with Crippen LogP contribution in [0.2, 0.25) is 0 Å². The molecule has 32 heavy (non-hydrogen) atoms. The minimum Gasteiger partial charge on any atom is -0.368 e. The number of aromatic nitrogens is 3. The fraction of sp³-hybridized carbons (Fsp3) is 0.417. The fourth-order valence-corrected chi connectivity index (χ4v) is 4.93. The molecule has 0 saturated carbocycles. The average Bonchev–Trinajstić information content (AvgIpc) is 3.30. The quantitative estimate of drug-likeness (QED) is 0.653. The molecule has 5 rings (SSSR count). The lowest BCUT2D eigenvalue weighted by atomic mass is 10.1. The topological polar surface area (TPSA) is 94.2 Å². The minimum absolute atomic E-state index is 0.0454. The number of aryl methyl sites for hydroxylation is 2. The van der Waals surface area contributed by atoms with Gasteiger partial charge in [0.05, 0.1) is 22.4 Å². The molecule has 8 nitrogen and oxygen atoms in total. The summed E-state index contributed by atoms with van der Waals surface area (Å²) in [5, 5.41) is 2.62. The number of carbonyl (C=O) groups excluding carboxylic acids is 1. The van der Waals surface area contributed by atoms with Gasteiger partial charge in [0.25, 0.3) is 11.5 Å². The van der Waals surface area contributed by atoms with Crippen molar-refractivity contribution in [2.75, 3.05) is 38.1 Å². The molecular formula is C24H28N6O2. The van der Waals surface area contributed by atoms with Gasteiger partial charge in [-0.2, -0.15) is 0 Å². The van der Waals surface area contributed by atoms with Crippen molar-refractivity contribution in [3.8, 4) is 0 Å². The van der Waals surface area contributed by atoms with Crippen LogP contribution in [0, 0.1) is 6.92 Å². The molecule has 166 valence electrons. The highest BCUT2D eigenvalue weighted by Crippen LogP contribution is 2.26. The van der Waals surface area contributed by atoms with E-state index in [9.17, 15) is 9.59 Å². The van der Waals surface area contributed by atoms with Crippen LogP contribution < -0.4 is 15.8 Å². The number of H-pyrrole nitrogens is 1. The molecule has 0 aromatic carbocycles. The van der Waals surface area contributed by atoms with Gasteiger partial charge >= 0.3 is 0 Å². The highest BCUT2D eigenvalue weighted by atomic mass is 16.1. The highest BCUT2D eigenvalue weighted by molar-refractivity contribution is 5.92. The molecule has 0 bridgehead atoms. The largest absolute Gasteiger partial charge is 0.368 e. The number of carbonyl (C=O) groups is 1. The van der Waals surface area contributed by atoms with Crippen LogP contribution in [0.1, 0.15) is 39.3 Å². The predicted molar refractivity (Wildman–Crippen MR) is 124 cm³/mol. The Morgan fingerprint density at radius 2 is 1.94 bits per heavy atom. The number of piperazine rings is 1. The zero-order valence-corrected chi connectivity index (χ0v) is 18.6. The molecular weight excluding hydrogens is 404 g/mol. The number of pyridine rings is 3. The number of amides is 1. The van der Waals surface area contributed by atoms with Crippen molar-refractivity contribution in [3.05, 3.63) is 62.8 Å². The first-order valence-electron chi connectivity index (χ1n) is 11.2. The average molecular weight is 433 g/mol. The Labute approximate surface area is 186 Å². The molecule has 0 atom stereocenters. The Kier molecular flexibility index (Phi) is 5.38. The summed E-state index contributed by atoms with van der Waals surface area (Å²) in [6, 6.07) is 5.86. The van der Waals surface area contributed by atoms with Gasteiger partial charge in [0, 0.05) is 51.5 Å². The second-order valence-corrected chi connectivity index (χ2v) is 8.65. The van der Waals surface area contributed by atoms with Crippen molar-refractivity contribution in [2.45, 2.75) is 32.7 Å². The van der Waals surface area contributed by atoms with E-state index in [2.05, 4.69) is 31.2 Å². The Morgan fingerprint density at radius 3 is 2.69 bits per heavy atom. The molecule has 1 fully saturated rings. The molecule has 2 aliphatic rings. The van der Waals surface area contributed by atoms with Gasteiger partial charge in [-0.1, -0.05) is 0 Å². The van der Waals surface area contributed by atoms with E-state index in [4.69, 9.17) is 4.98 Å². The second kappa shape index (κ2) is 8.35. The summed E-state index contributed by atoms with van der Waals surface area (Å²) < 4.78 is 0. The maximum absolute atomic E-state index is 12.4. The second-order valence-electron chi connectivity index (χ2n) is 8.65. The number of fused-ring (bicyclic) bond motifs is 3. The molecule has 0 spiro atoms. The lowest BCUT2D eigenvalue weighted by Gasteiger charge is -2.36. The highest BCUT2D eigenvalue weighted by Gasteiger charge is 2.22. The van der Waals surface area contributed by atoms with E-state index >= 15 is 0 Å². The van der Waals surface area contributed by atoms with Crippen molar-refractivity contribution < 1.29 is 4.79 Å². The third kappa shape index (κ3) is 3.75. The first kappa shape index (κ1) is 20.6. The van der Waals surface area contributed by atoms with Gasteiger partial charge in [-0.3, -0.25) is 19.5 Å². The number of aromatic amines is 1. The van der Waals surface area contributed by atoms with Crippen molar-refractivity contribution in [2.24, 2.45) is 0 Å². The number of nitrogens with zero attached hydrogens (tertiary/aromatic N) is 4. The number of rotatable bonds is 4. The van der Waals surface area contributed by atoms with Gasteiger partial charge in [0.1, 0.15) is 5.69 Å². The monoisotopic (exact) mass is 432 g/mol. The van der Waals surface area contributed by atoms with E-state index in [0.717, 1.165) is 91.1 Å². The summed E-state index contributed by atoms with van der Waals surface area (Å²) in [5.74, 6) is -0.167. The third-order valence-corrected chi connectivity index (χ3v) is 6.61. The summed E-state index contributed by atoms with van der Waals surface area (Å²) in [6.07, 6.45) is 4.80. The van der Waals surface area contributed by atoms with Crippen molar-refractivity contribution >= 4 is 22.6 Å². The van der Waals surface area contributed by atoms with Crippen LogP contribution >= 0.6 is 0 Å². The first-order chi connectivity index (χ1) is 15.5.